The molecule has 0 fully saturated rings. The van der Waals surface area contributed by atoms with E-state index in [1.54, 1.807) is 7.11 Å². The van der Waals surface area contributed by atoms with E-state index in [1.165, 1.54) is 17.7 Å². The maximum Gasteiger partial charge on any atom is 0.118 e. The summed E-state index contributed by atoms with van der Waals surface area (Å²) in [5.41, 5.74) is 1.27. The average molecular weight is 254 g/mol. The van der Waals surface area contributed by atoms with Crippen molar-refractivity contribution in [2.24, 2.45) is 5.92 Å². The lowest BCUT2D eigenvalue weighted by molar-refractivity contribution is 0.217. The second kappa shape index (κ2) is 8.43. The molecule has 1 unspecified atom stereocenters. The van der Waals surface area contributed by atoms with E-state index in [0.29, 0.717) is 5.92 Å². The van der Waals surface area contributed by atoms with Gasteiger partial charge in [-0.1, -0.05) is 12.1 Å². The number of ether oxygens (including phenoxy) is 1. The fraction of sp³-hybridized carbons (Fsp3) is 0.571. The molecule has 0 saturated heterocycles. The number of thioether (sulfide) groups is 1. The molecule has 1 N–H and O–H groups in total. The van der Waals surface area contributed by atoms with Gasteiger partial charge in [-0.15, -0.1) is 0 Å². The van der Waals surface area contributed by atoms with Crippen LogP contribution in [0.5, 0.6) is 5.75 Å². The predicted octanol–water partition coefficient (Wildman–Crippen LogP) is 2.99. The molecule has 0 aliphatic carbocycles. The van der Waals surface area contributed by atoms with Crippen molar-refractivity contribution in [2.75, 3.05) is 25.7 Å². The monoisotopic (exact) mass is 254 g/mol. The van der Waals surface area contributed by atoms with Crippen LogP contribution in [0, 0.1) is 5.92 Å². The maximum absolute atomic E-state index is 9.36. The first-order valence-corrected chi connectivity index (χ1v) is 7.42. The Bertz CT molecular complexity index is 298. The van der Waals surface area contributed by atoms with E-state index in [4.69, 9.17) is 4.74 Å². The lowest BCUT2D eigenvalue weighted by atomic mass is 9.96. The first kappa shape index (κ1) is 14.4. The highest BCUT2D eigenvalue weighted by molar-refractivity contribution is 7.98. The summed E-state index contributed by atoms with van der Waals surface area (Å²) in [5, 5.41) is 9.36. The Morgan fingerprint density at radius 1 is 1.29 bits per heavy atom. The van der Waals surface area contributed by atoms with Crippen LogP contribution in [0.3, 0.4) is 0 Å². The molecule has 1 aromatic carbocycles. The van der Waals surface area contributed by atoms with E-state index < -0.39 is 0 Å². The molecule has 0 aromatic heterocycles. The minimum absolute atomic E-state index is 0.278. The largest absolute Gasteiger partial charge is 0.497 e. The molecule has 96 valence electrons. The van der Waals surface area contributed by atoms with Crippen molar-refractivity contribution in [1.29, 1.82) is 0 Å². The molecule has 0 aliphatic heterocycles. The van der Waals surface area contributed by atoms with Gasteiger partial charge in [0, 0.05) is 6.61 Å². The quantitative estimate of drug-likeness (QED) is 0.723. The third-order valence-corrected chi connectivity index (χ3v) is 3.60. The van der Waals surface area contributed by atoms with Crippen molar-refractivity contribution >= 4 is 11.8 Å². The van der Waals surface area contributed by atoms with E-state index in [0.717, 1.165) is 18.6 Å². The van der Waals surface area contributed by atoms with Crippen LogP contribution in [0.4, 0.5) is 0 Å². The molecule has 0 aliphatic rings. The molecule has 0 radical (unpaired) electrons. The molecule has 0 heterocycles. The summed E-state index contributed by atoms with van der Waals surface area (Å²) in [7, 11) is 1.67. The Morgan fingerprint density at radius 3 is 2.53 bits per heavy atom. The fourth-order valence-electron chi connectivity index (χ4n) is 1.87. The predicted molar refractivity (Wildman–Crippen MR) is 74.9 cm³/mol. The van der Waals surface area contributed by atoms with Crippen LogP contribution < -0.4 is 4.74 Å². The fourth-order valence-corrected chi connectivity index (χ4v) is 2.32. The summed E-state index contributed by atoms with van der Waals surface area (Å²) in [6.07, 6.45) is 5.36. The van der Waals surface area contributed by atoms with Crippen LogP contribution in [0.1, 0.15) is 18.4 Å². The molecule has 1 aromatic rings. The minimum Gasteiger partial charge on any atom is -0.497 e. The zero-order valence-corrected chi connectivity index (χ0v) is 11.5. The topological polar surface area (TPSA) is 29.5 Å². The molecular weight excluding hydrogens is 232 g/mol. The summed E-state index contributed by atoms with van der Waals surface area (Å²) in [6, 6.07) is 8.11. The van der Waals surface area contributed by atoms with Crippen molar-refractivity contribution < 1.29 is 9.84 Å². The number of rotatable bonds is 8. The molecule has 1 atom stereocenters. The summed E-state index contributed by atoms with van der Waals surface area (Å²) >= 11 is 1.87. The lowest BCUT2D eigenvalue weighted by Crippen LogP contribution is -2.10. The Labute approximate surface area is 108 Å². The van der Waals surface area contributed by atoms with Crippen molar-refractivity contribution in [3.63, 3.8) is 0 Å². The summed E-state index contributed by atoms with van der Waals surface area (Å²) < 4.78 is 5.13. The van der Waals surface area contributed by atoms with Crippen molar-refractivity contribution in [2.45, 2.75) is 19.3 Å². The zero-order valence-electron chi connectivity index (χ0n) is 10.7. The molecule has 0 amide bonds. The van der Waals surface area contributed by atoms with Gasteiger partial charge in [-0.25, -0.2) is 0 Å². The maximum atomic E-state index is 9.36. The third-order valence-electron chi connectivity index (χ3n) is 2.90. The number of methoxy groups -OCH3 is 1. The van der Waals surface area contributed by atoms with E-state index in [2.05, 4.69) is 18.4 Å². The second-order valence-corrected chi connectivity index (χ2v) is 5.22. The van der Waals surface area contributed by atoms with E-state index in [9.17, 15) is 5.11 Å². The average Bonchev–Trinajstić information content (AvgIpc) is 2.38. The van der Waals surface area contributed by atoms with Crippen LogP contribution in [0.2, 0.25) is 0 Å². The van der Waals surface area contributed by atoms with Gasteiger partial charge in [-0.3, -0.25) is 0 Å². The first-order valence-electron chi connectivity index (χ1n) is 6.03. The Hall–Kier alpha value is -0.670. The Morgan fingerprint density at radius 2 is 2.00 bits per heavy atom. The Balaban J connectivity index is 2.43. The number of hydrogen-bond acceptors (Lipinski definition) is 3. The molecule has 0 spiro atoms. The van der Waals surface area contributed by atoms with Crippen LogP contribution in [0.25, 0.3) is 0 Å². The van der Waals surface area contributed by atoms with Crippen molar-refractivity contribution in [1.82, 2.24) is 0 Å². The number of hydrogen-bond donors (Lipinski definition) is 1. The highest BCUT2D eigenvalue weighted by Crippen LogP contribution is 2.18. The second-order valence-electron chi connectivity index (χ2n) is 4.24. The smallest absolute Gasteiger partial charge is 0.118 e. The van der Waals surface area contributed by atoms with Crippen LogP contribution in [0.15, 0.2) is 24.3 Å². The van der Waals surface area contributed by atoms with Crippen LogP contribution in [-0.4, -0.2) is 30.8 Å². The van der Waals surface area contributed by atoms with Gasteiger partial charge >= 0.3 is 0 Å². The Kier molecular flexibility index (Phi) is 7.13. The molecule has 0 bridgehead atoms. The molecule has 3 heteroatoms. The number of aliphatic hydroxyl groups excluding tert-OH is 1. The van der Waals surface area contributed by atoms with Gasteiger partial charge in [0.1, 0.15) is 5.75 Å². The summed E-state index contributed by atoms with van der Waals surface area (Å²) in [4.78, 5) is 0. The van der Waals surface area contributed by atoms with Gasteiger partial charge in [0.15, 0.2) is 0 Å². The van der Waals surface area contributed by atoms with E-state index in [1.807, 2.05) is 23.9 Å². The van der Waals surface area contributed by atoms with Crippen molar-refractivity contribution in [3.8, 4) is 5.75 Å². The third kappa shape index (κ3) is 5.46. The highest BCUT2D eigenvalue weighted by Gasteiger charge is 2.08. The highest BCUT2D eigenvalue weighted by atomic mass is 32.2. The van der Waals surface area contributed by atoms with Gasteiger partial charge in [-0.05, 0) is 54.9 Å². The minimum atomic E-state index is 0.278. The molecular formula is C14H22O2S. The summed E-state index contributed by atoms with van der Waals surface area (Å²) in [5.74, 6) is 2.45. The van der Waals surface area contributed by atoms with Gasteiger partial charge < -0.3 is 9.84 Å². The van der Waals surface area contributed by atoms with Gasteiger partial charge in [0.05, 0.1) is 7.11 Å². The SMILES string of the molecule is COc1ccc(CC(CO)CCCSC)cc1. The van der Waals surface area contributed by atoms with Crippen LogP contribution >= 0.6 is 11.8 Å². The molecule has 1 rings (SSSR count). The van der Waals surface area contributed by atoms with Gasteiger partial charge in [-0.2, -0.15) is 11.8 Å². The number of benzene rings is 1. The summed E-state index contributed by atoms with van der Waals surface area (Å²) in [6.45, 7) is 0.278. The number of aliphatic hydroxyl groups is 1. The van der Waals surface area contributed by atoms with Gasteiger partial charge in [0.25, 0.3) is 0 Å². The van der Waals surface area contributed by atoms with Gasteiger partial charge in [0.2, 0.25) is 0 Å². The lowest BCUT2D eigenvalue weighted by Gasteiger charge is -2.14. The molecule has 0 saturated carbocycles. The standard InChI is InChI=1S/C14H22O2S/c1-16-14-7-5-12(6-8-14)10-13(11-15)4-3-9-17-2/h5-8,13,15H,3-4,9-11H2,1-2H3. The first-order chi connectivity index (χ1) is 8.30. The molecule has 2 nitrogen and oxygen atoms in total. The molecule has 17 heavy (non-hydrogen) atoms. The van der Waals surface area contributed by atoms with E-state index >= 15 is 0 Å². The zero-order chi connectivity index (χ0) is 12.5. The van der Waals surface area contributed by atoms with E-state index in [-0.39, 0.29) is 6.61 Å². The normalized spacial score (nSPS) is 12.4. The van der Waals surface area contributed by atoms with Crippen molar-refractivity contribution in [3.05, 3.63) is 29.8 Å². The van der Waals surface area contributed by atoms with Crippen LogP contribution in [-0.2, 0) is 6.42 Å².